The first-order chi connectivity index (χ1) is 11.3. The van der Waals surface area contributed by atoms with Gasteiger partial charge in [0.1, 0.15) is 11.5 Å². The first-order valence-electron chi connectivity index (χ1n) is 7.01. The number of carbonyl (C=O) groups excluding carboxylic acids is 2. The molecule has 24 heavy (non-hydrogen) atoms. The number of hydrogen-bond acceptors (Lipinski definition) is 4. The average Bonchev–Trinajstić information content (AvgIpc) is 2.51. The van der Waals surface area contributed by atoms with Crippen molar-refractivity contribution in [3.8, 4) is 11.5 Å². The minimum atomic E-state index is -1.63. The highest BCUT2D eigenvalue weighted by molar-refractivity contribution is 5.98. The Kier molecular flexibility index (Phi) is 3.79. The van der Waals surface area contributed by atoms with E-state index in [4.69, 9.17) is 4.74 Å². The van der Waals surface area contributed by atoms with Gasteiger partial charge in [0.25, 0.3) is 0 Å². The molecule has 0 amide bonds. The van der Waals surface area contributed by atoms with Crippen LogP contribution in [-0.4, -0.2) is 16.9 Å². The molecule has 0 saturated heterocycles. The van der Waals surface area contributed by atoms with Crippen LogP contribution in [0.1, 0.15) is 40.7 Å². The van der Waals surface area contributed by atoms with E-state index in [1.165, 1.54) is 19.1 Å². The Bertz CT molecular complexity index is 853. The van der Waals surface area contributed by atoms with Crippen molar-refractivity contribution in [3.05, 3.63) is 58.4 Å². The largest absolute Gasteiger partial charge is 0.507 e. The zero-order valence-corrected chi connectivity index (χ0v) is 12.4. The molecule has 1 aliphatic rings. The molecule has 1 atom stereocenters. The lowest BCUT2D eigenvalue weighted by Crippen LogP contribution is -2.22. The number of benzene rings is 2. The molecular weight excluding hydrogens is 325 g/mol. The van der Waals surface area contributed by atoms with Crippen molar-refractivity contribution < 1.29 is 32.6 Å². The third-order valence-electron chi connectivity index (χ3n) is 3.91. The monoisotopic (exact) mass is 336 g/mol. The fourth-order valence-electron chi connectivity index (χ4n) is 2.79. The van der Waals surface area contributed by atoms with Gasteiger partial charge in [0, 0.05) is 11.5 Å². The van der Waals surface area contributed by atoms with Crippen LogP contribution in [0.4, 0.5) is 13.2 Å². The van der Waals surface area contributed by atoms with Crippen LogP contribution in [0, 0.1) is 17.5 Å². The van der Waals surface area contributed by atoms with Crippen LogP contribution in [0.2, 0.25) is 0 Å². The van der Waals surface area contributed by atoms with Gasteiger partial charge < -0.3 is 9.84 Å². The molecule has 0 spiro atoms. The summed E-state index contributed by atoms with van der Waals surface area (Å²) in [5.41, 5.74) is 0.00719. The quantitative estimate of drug-likeness (QED) is 0.395. The molecule has 0 aliphatic carbocycles. The smallest absolute Gasteiger partial charge is 0.312 e. The number of halogens is 3. The predicted octanol–water partition coefficient (Wildman–Crippen LogP) is 3.45. The van der Waals surface area contributed by atoms with Crippen LogP contribution in [0.25, 0.3) is 0 Å². The zero-order chi connectivity index (χ0) is 17.6. The fraction of sp³-hybridized carbons (Fsp3) is 0.176. The number of carbonyl (C=O) groups is 2. The van der Waals surface area contributed by atoms with Crippen LogP contribution in [-0.2, 0) is 4.79 Å². The van der Waals surface area contributed by atoms with Crippen molar-refractivity contribution in [1.29, 1.82) is 0 Å². The summed E-state index contributed by atoms with van der Waals surface area (Å²) in [7, 11) is 0. The van der Waals surface area contributed by atoms with Gasteiger partial charge in [-0.2, -0.15) is 0 Å². The molecule has 7 heteroatoms. The van der Waals surface area contributed by atoms with Gasteiger partial charge in [0.2, 0.25) is 0 Å². The van der Waals surface area contributed by atoms with Gasteiger partial charge in [-0.1, -0.05) is 0 Å². The van der Waals surface area contributed by atoms with Gasteiger partial charge in [-0.15, -0.1) is 0 Å². The number of phenols is 1. The highest BCUT2D eigenvalue weighted by Gasteiger charge is 2.33. The maximum absolute atomic E-state index is 13.5. The summed E-state index contributed by atoms with van der Waals surface area (Å²) in [5, 5.41) is 10.3. The molecule has 2 aromatic rings. The van der Waals surface area contributed by atoms with Crippen LogP contribution in [0.15, 0.2) is 24.3 Å². The van der Waals surface area contributed by atoms with Crippen molar-refractivity contribution in [2.75, 3.05) is 0 Å². The first kappa shape index (κ1) is 16.0. The Labute approximate surface area is 134 Å². The molecule has 0 radical (unpaired) electrons. The third kappa shape index (κ3) is 2.51. The summed E-state index contributed by atoms with van der Waals surface area (Å²) in [6.07, 6.45) is -0.313. The summed E-state index contributed by atoms with van der Waals surface area (Å²) in [4.78, 5) is 23.3. The molecular formula is C17H11F3O4. The van der Waals surface area contributed by atoms with Crippen LogP contribution >= 0.6 is 0 Å². The lowest BCUT2D eigenvalue weighted by atomic mass is 9.84. The standard InChI is InChI=1S/C17H11F3O4/c1-7(21)9-2-3-13-15(17(9)23)10(6-14(22)24-13)8-4-11(18)16(20)12(19)5-8/h2-5,10,23H,6H2,1H3/t10-/m0/s1. The minimum absolute atomic E-state index is 0.0103. The average molecular weight is 336 g/mol. The summed E-state index contributed by atoms with van der Waals surface area (Å²) in [6.45, 7) is 1.24. The van der Waals surface area contributed by atoms with E-state index < -0.39 is 40.9 Å². The van der Waals surface area contributed by atoms with E-state index in [-0.39, 0.29) is 28.9 Å². The van der Waals surface area contributed by atoms with Crippen LogP contribution in [0.5, 0.6) is 11.5 Å². The topological polar surface area (TPSA) is 63.6 Å². The number of ether oxygens (including phenoxy) is 1. The van der Waals surface area contributed by atoms with Gasteiger partial charge >= 0.3 is 5.97 Å². The molecule has 4 nitrogen and oxygen atoms in total. The van der Waals surface area contributed by atoms with E-state index in [9.17, 15) is 27.9 Å². The van der Waals surface area contributed by atoms with E-state index in [2.05, 4.69) is 0 Å². The summed E-state index contributed by atoms with van der Waals surface area (Å²) < 4.78 is 45.2. The number of fused-ring (bicyclic) bond motifs is 1. The second kappa shape index (κ2) is 5.67. The number of phenolic OH excluding ortho intramolecular Hbond substituents is 1. The summed E-state index contributed by atoms with van der Waals surface area (Å²) in [5.74, 6) is -6.95. The Balaban J connectivity index is 2.23. The highest BCUT2D eigenvalue weighted by Crippen LogP contribution is 2.45. The fourth-order valence-corrected chi connectivity index (χ4v) is 2.79. The Morgan fingerprint density at radius 1 is 1.21 bits per heavy atom. The van der Waals surface area contributed by atoms with Gasteiger partial charge in [-0.05, 0) is 36.8 Å². The van der Waals surface area contributed by atoms with Gasteiger partial charge in [-0.25, -0.2) is 13.2 Å². The minimum Gasteiger partial charge on any atom is -0.507 e. The predicted molar refractivity (Wildman–Crippen MR) is 76.5 cm³/mol. The number of Topliss-reactive ketones (excluding diaryl/α,β-unsaturated/α-hetero) is 1. The molecule has 0 bridgehead atoms. The number of rotatable bonds is 2. The van der Waals surface area contributed by atoms with Gasteiger partial charge in [0.15, 0.2) is 23.2 Å². The SMILES string of the molecule is CC(=O)c1ccc2c(c1O)[C@H](c1cc(F)c(F)c(F)c1)CC(=O)O2. The second-order valence-corrected chi connectivity index (χ2v) is 5.46. The number of ketones is 1. The van der Waals surface area contributed by atoms with E-state index in [1.54, 1.807) is 0 Å². The molecule has 2 aromatic carbocycles. The zero-order valence-electron chi connectivity index (χ0n) is 12.4. The summed E-state index contributed by atoms with van der Waals surface area (Å²) in [6, 6.07) is 4.13. The highest BCUT2D eigenvalue weighted by atomic mass is 19.2. The Hall–Kier alpha value is -2.83. The second-order valence-electron chi connectivity index (χ2n) is 5.46. The molecule has 0 saturated carbocycles. The normalized spacial score (nSPS) is 16.5. The third-order valence-corrected chi connectivity index (χ3v) is 3.91. The van der Waals surface area contributed by atoms with Crippen molar-refractivity contribution in [3.63, 3.8) is 0 Å². The van der Waals surface area contributed by atoms with Crippen LogP contribution < -0.4 is 4.74 Å². The van der Waals surface area contributed by atoms with Crippen molar-refractivity contribution >= 4 is 11.8 Å². The molecule has 124 valence electrons. The molecule has 1 heterocycles. The van der Waals surface area contributed by atoms with Crippen LogP contribution in [0.3, 0.4) is 0 Å². The number of aromatic hydroxyl groups is 1. The Morgan fingerprint density at radius 2 is 1.83 bits per heavy atom. The number of hydrogen-bond donors (Lipinski definition) is 1. The Morgan fingerprint density at radius 3 is 2.42 bits per heavy atom. The molecule has 0 aromatic heterocycles. The van der Waals surface area contributed by atoms with Crippen molar-refractivity contribution in [2.45, 2.75) is 19.3 Å². The maximum atomic E-state index is 13.5. The number of esters is 1. The summed E-state index contributed by atoms with van der Waals surface area (Å²) >= 11 is 0. The van der Waals surface area contributed by atoms with E-state index in [1.807, 2.05) is 0 Å². The van der Waals surface area contributed by atoms with Gasteiger partial charge in [-0.3, -0.25) is 9.59 Å². The van der Waals surface area contributed by atoms with Gasteiger partial charge in [0.05, 0.1) is 12.0 Å². The van der Waals surface area contributed by atoms with E-state index >= 15 is 0 Å². The molecule has 0 unspecified atom stereocenters. The first-order valence-corrected chi connectivity index (χ1v) is 7.01. The van der Waals surface area contributed by atoms with E-state index in [0.717, 1.165) is 12.1 Å². The molecule has 0 fully saturated rings. The van der Waals surface area contributed by atoms with Crippen molar-refractivity contribution in [1.82, 2.24) is 0 Å². The maximum Gasteiger partial charge on any atom is 0.312 e. The lowest BCUT2D eigenvalue weighted by molar-refractivity contribution is -0.135. The lowest BCUT2D eigenvalue weighted by Gasteiger charge is -2.26. The molecule has 3 rings (SSSR count). The van der Waals surface area contributed by atoms with Crippen molar-refractivity contribution in [2.24, 2.45) is 0 Å². The van der Waals surface area contributed by atoms with E-state index in [0.29, 0.717) is 0 Å². The molecule has 1 aliphatic heterocycles. The molecule has 1 N–H and O–H groups in total.